The van der Waals surface area contributed by atoms with Gasteiger partial charge in [-0.3, -0.25) is 0 Å². The molecule has 106 valence electrons. The van der Waals surface area contributed by atoms with Crippen molar-refractivity contribution in [2.45, 2.75) is 26.1 Å². The summed E-state index contributed by atoms with van der Waals surface area (Å²) in [5.41, 5.74) is 0. The van der Waals surface area contributed by atoms with Crippen molar-refractivity contribution >= 4 is 10.4 Å². The summed E-state index contributed by atoms with van der Waals surface area (Å²) in [7, 11) is -0.472. The lowest BCUT2D eigenvalue weighted by molar-refractivity contribution is -0.875. The van der Waals surface area contributed by atoms with E-state index in [-0.39, 0.29) is 13.3 Å². The predicted molar refractivity (Wildman–Crippen MR) is 62.4 cm³/mol. The predicted octanol–water partition coefficient (Wildman–Crippen LogP) is -2.05. The third-order valence-electron chi connectivity index (χ3n) is 0.946. The Bertz CT molecular complexity index is 242. The molecule has 0 aromatic carbocycles. The first kappa shape index (κ1) is 19.1. The summed E-state index contributed by atoms with van der Waals surface area (Å²) in [6.07, 6.45) is -1.25. The topological polar surface area (TPSA) is 97.5 Å². The maximum absolute atomic E-state index is 10.9. The van der Waals surface area contributed by atoms with Crippen LogP contribution < -0.4 is 4.90 Å². The van der Waals surface area contributed by atoms with Gasteiger partial charge in [-0.05, 0) is 6.92 Å². The third-order valence-corrected chi connectivity index (χ3v) is 1.78. The van der Waals surface area contributed by atoms with E-state index in [2.05, 4.69) is 15.3 Å². The van der Waals surface area contributed by atoms with E-state index in [0.717, 1.165) is 4.90 Å². The molecule has 8 heteroatoms. The molecular weight excluding hydrogens is 250 g/mol. The fourth-order valence-corrected chi connectivity index (χ4v) is 1.22. The summed E-state index contributed by atoms with van der Waals surface area (Å²) in [4.78, 5) is 0.823. The first-order valence-corrected chi connectivity index (χ1v) is 6.42. The summed E-state index contributed by atoms with van der Waals surface area (Å²) < 4.78 is 30.5. The van der Waals surface area contributed by atoms with E-state index >= 15 is 0 Å². The van der Waals surface area contributed by atoms with Crippen molar-refractivity contribution in [2.24, 2.45) is 0 Å². The maximum Gasteiger partial charge on any atom is 0.404 e. The second-order valence-electron chi connectivity index (χ2n) is 3.86. The van der Waals surface area contributed by atoms with Crippen LogP contribution in [0.1, 0.15) is 13.8 Å². The van der Waals surface area contributed by atoms with Crippen molar-refractivity contribution in [1.82, 2.24) is 0 Å². The monoisotopic (exact) mass is 273 g/mol. The quantitative estimate of drug-likeness (QED) is 0.381. The molecule has 0 radical (unpaired) electrons. The zero-order chi connectivity index (χ0) is 14.1. The highest BCUT2D eigenvalue weighted by atomic mass is 32.3. The molecule has 0 amide bonds. The van der Waals surface area contributed by atoms with Gasteiger partial charge >= 0.3 is 10.4 Å². The van der Waals surface area contributed by atoms with Gasteiger partial charge in [0, 0.05) is 0 Å². The zero-order valence-corrected chi connectivity index (χ0v) is 11.5. The highest BCUT2D eigenvalue weighted by Crippen LogP contribution is 1.95. The molecule has 7 nitrogen and oxygen atoms in total. The molecule has 0 saturated heterocycles. The number of aliphatic hydroxyl groups excluding tert-OH is 2. The van der Waals surface area contributed by atoms with Crippen LogP contribution in [0, 0.1) is 6.92 Å². The van der Waals surface area contributed by atoms with Gasteiger partial charge in [-0.2, -0.15) is 12.6 Å². The van der Waals surface area contributed by atoms with Crippen molar-refractivity contribution < 1.29 is 31.9 Å². The molecule has 0 bridgehead atoms. The molecule has 2 atom stereocenters. The number of nitrogens with one attached hydrogen (secondary N) is 1. The van der Waals surface area contributed by atoms with Crippen LogP contribution in [0.5, 0.6) is 0 Å². The molecule has 0 saturated carbocycles. The van der Waals surface area contributed by atoms with Crippen LogP contribution >= 0.6 is 0 Å². The molecule has 0 rings (SSSR count). The lowest BCUT2D eigenvalue weighted by atomic mass is 10.5. The minimum atomic E-state index is -3.95. The van der Waals surface area contributed by atoms with Crippen molar-refractivity contribution in [3.63, 3.8) is 0 Å². The van der Waals surface area contributed by atoms with Gasteiger partial charge in [0.1, 0.15) is 0 Å². The molecule has 0 aliphatic rings. The van der Waals surface area contributed by atoms with Gasteiger partial charge in [-0.25, -0.2) is 4.18 Å². The lowest BCUT2D eigenvalue weighted by Gasteiger charge is -2.09. The molecule has 17 heavy (non-hydrogen) atoms. The number of hydrogen-bond acceptors (Lipinski definition) is 6. The van der Waals surface area contributed by atoms with E-state index < -0.39 is 22.6 Å². The fraction of sp³-hybridized carbons (Fsp3) is 0.889. The molecule has 0 aromatic rings. The zero-order valence-electron chi connectivity index (χ0n) is 10.7. The molecule has 0 aromatic heterocycles. The maximum atomic E-state index is 10.9. The van der Waals surface area contributed by atoms with E-state index in [1.165, 1.54) is 6.92 Å². The van der Waals surface area contributed by atoms with Crippen molar-refractivity contribution in [2.75, 3.05) is 27.4 Å². The Morgan fingerprint density at radius 3 is 1.94 bits per heavy atom. The molecule has 0 aliphatic heterocycles. The number of hydrogen-bond donors (Lipinski definition) is 3. The highest BCUT2D eigenvalue weighted by molar-refractivity contribution is 7.81. The second kappa shape index (κ2) is 9.75. The van der Waals surface area contributed by atoms with Gasteiger partial charge in [0.2, 0.25) is 6.73 Å². The minimum absolute atomic E-state index is 0.00213. The van der Waals surface area contributed by atoms with E-state index in [9.17, 15) is 8.42 Å². The van der Waals surface area contributed by atoms with Crippen LogP contribution in [-0.4, -0.2) is 58.3 Å². The van der Waals surface area contributed by atoms with Crippen LogP contribution in [0.2, 0.25) is 0 Å². The van der Waals surface area contributed by atoms with Gasteiger partial charge in [0.15, 0.2) is 0 Å². The first-order valence-electron chi connectivity index (χ1n) is 5.09. The second-order valence-corrected chi connectivity index (χ2v) is 5.15. The molecule has 3 N–H and O–H groups in total. The fourth-order valence-electron chi connectivity index (χ4n) is 0.406. The summed E-state index contributed by atoms with van der Waals surface area (Å²) in [5.74, 6) is 0. The standard InChI is InChI=1S/C6H15NO5S.C3H7O/c1-6(8)4-11-13(9,10)12-5-7(2)3;1-3(2)4/h6,8H,4-5H2,1-3H3;3-4H,1H2,2H3/q;-1/p+1. The largest absolute Gasteiger partial charge is 0.426 e. The Kier molecular flexibility index (Phi) is 10.9. The van der Waals surface area contributed by atoms with Gasteiger partial charge in [-0.15, -0.1) is 0 Å². The van der Waals surface area contributed by atoms with Gasteiger partial charge in [0.05, 0.1) is 26.8 Å². The normalized spacial score (nSPS) is 15.1. The minimum Gasteiger partial charge on any atom is -0.426 e. The van der Waals surface area contributed by atoms with E-state index in [4.69, 9.17) is 10.2 Å². The third kappa shape index (κ3) is 21.6. The summed E-state index contributed by atoms with van der Waals surface area (Å²) >= 11 is 0. The Labute approximate surface area is 103 Å². The smallest absolute Gasteiger partial charge is 0.404 e. The summed E-state index contributed by atoms with van der Waals surface area (Å²) in [5, 5.41) is 16.7. The Balaban J connectivity index is 0. The molecule has 2 unspecified atom stereocenters. The Morgan fingerprint density at radius 2 is 1.65 bits per heavy atom. The number of aliphatic hydroxyl groups is 2. The van der Waals surface area contributed by atoms with Crippen molar-refractivity contribution in [3.05, 3.63) is 6.92 Å². The van der Waals surface area contributed by atoms with Gasteiger partial charge in [-0.1, -0.05) is 13.0 Å². The molecule has 0 spiro atoms. The summed E-state index contributed by atoms with van der Waals surface area (Å²) in [6.45, 7) is 5.94. The number of rotatable bonds is 6. The highest BCUT2D eigenvalue weighted by Gasteiger charge is 2.14. The SMILES string of the molecule is CC(O)COS(=O)(=O)OC[NH+](C)C.[CH2-]C(C)O. The molecule has 0 fully saturated rings. The average Bonchev–Trinajstić information content (AvgIpc) is 2.11. The number of quaternary nitrogens is 1. The van der Waals surface area contributed by atoms with Crippen molar-refractivity contribution in [3.8, 4) is 0 Å². The van der Waals surface area contributed by atoms with Crippen LogP contribution in [0.3, 0.4) is 0 Å². The lowest BCUT2D eigenvalue weighted by Crippen LogP contribution is -3.06. The van der Waals surface area contributed by atoms with Crippen LogP contribution in [-0.2, 0) is 18.8 Å². The Morgan fingerprint density at radius 1 is 1.24 bits per heavy atom. The first-order chi connectivity index (χ1) is 7.57. The van der Waals surface area contributed by atoms with Crippen LogP contribution in [0.25, 0.3) is 0 Å². The molecule has 0 aliphatic carbocycles. The molecule has 0 heterocycles. The Hall–Kier alpha value is -0.250. The van der Waals surface area contributed by atoms with E-state index in [0.29, 0.717) is 0 Å². The van der Waals surface area contributed by atoms with Crippen LogP contribution in [0.4, 0.5) is 0 Å². The summed E-state index contributed by atoms with van der Waals surface area (Å²) in [6, 6.07) is 0. The van der Waals surface area contributed by atoms with Crippen molar-refractivity contribution in [1.29, 1.82) is 0 Å². The van der Waals surface area contributed by atoms with Gasteiger partial charge in [0.25, 0.3) is 0 Å². The van der Waals surface area contributed by atoms with E-state index in [1.807, 2.05) is 0 Å². The van der Waals surface area contributed by atoms with Crippen LogP contribution in [0.15, 0.2) is 0 Å². The average molecular weight is 273 g/mol. The van der Waals surface area contributed by atoms with Gasteiger partial charge < -0.3 is 22.0 Å². The molecular formula is C9H23NO6S. The van der Waals surface area contributed by atoms with E-state index in [1.54, 1.807) is 21.0 Å².